The van der Waals surface area contributed by atoms with Crippen molar-refractivity contribution in [3.05, 3.63) is 29.1 Å². The predicted octanol–water partition coefficient (Wildman–Crippen LogP) is 3.95. The van der Waals surface area contributed by atoms with E-state index in [4.69, 9.17) is 15.2 Å². The molecule has 1 aromatic carbocycles. The van der Waals surface area contributed by atoms with Gasteiger partial charge < -0.3 is 25.2 Å². The second-order valence-electron chi connectivity index (χ2n) is 9.13. The molecule has 2 atom stereocenters. The van der Waals surface area contributed by atoms with E-state index in [1.165, 1.54) is 21.1 Å². The molecule has 0 radical (unpaired) electrons. The molecule has 0 spiro atoms. The first kappa shape index (κ1) is 23.3. The van der Waals surface area contributed by atoms with Crippen molar-refractivity contribution in [1.82, 2.24) is 9.88 Å². The molecule has 3 amide bonds. The van der Waals surface area contributed by atoms with Crippen LogP contribution in [0.4, 0.5) is 15.4 Å². The summed E-state index contributed by atoms with van der Waals surface area (Å²) in [5, 5.41) is 11.9. The lowest BCUT2D eigenvalue weighted by molar-refractivity contribution is 0.117. The van der Waals surface area contributed by atoms with E-state index in [0.29, 0.717) is 38.4 Å². The van der Waals surface area contributed by atoms with Crippen molar-refractivity contribution in [2.24, 2.45) is 11.1 Å². The molecular weight excluding hydrogens is 444 g/mol. The van der Waals surface area contributed by atoms with E-state index >= 15 is 0 Å². The number of nitrogens with two attached hydrogens (primary N) is 1. The number of hydrogen-bond acceptors (Lipinski definition) is 6. The molecule has 3 heterocycles. The number of carbonyl (C=O) groups is 2. The molecule has 2 fully saturated rings. The van der Waals surface area contributed by atoms with E-state index in [0.717, 1.165) is 34.9 Å². The average molecular weight is 475 g/mol. The maximum atomic E-state index is 12.2. The zero-order valence-electron chi connectivity index (χ0n) is 19.0. The number of urea groups is 1. The van der Waals surface area contributed by atoms with Gasteiger partial charge in [0.1, 0.15) is 16.6 Å². The van der Waals surface area contributed by atoms with Crippen LogP contribution in [-0.4, -0.2) is 66.1 Å². The molecule has 2 aliphatic heterocycles. The van der Waals surface area contributed by atoms with Gasteiger partial charge >= 0.3 is 12.1 Å². The van der Waals surface area contributed by atoms with Crippen LogP contribution in [-0.2, 0) is 4.74 Å². The molecule has 1 unspecified atom stereocenters. The van der Waals surface area contributed by atoms with Crippen molar-refractivity contribution in [2.75, 3.05) is 37.8 Å². The third-order valence-corrected chi connectivity index (χ3v) is 7.19. The molecule has 178 valence electrons. The number of hydrogen-bond donors (Lipinski definition) is 2. The van der Waals surface area contributed by atoms with Gasteiger partial charge in [0.15, 0.2) is 0 Å². The lowest BCUT2D eigenvalue weighted by Crippen LogP contribution is -2.53. The highest BCUT2D eigenvalue weighted by molar-refractivity contribution is 7.13. The lowest BCUT2D eigenvalue weighted by Gasteiger charge is -2.36. The van der Waals surface area contributed by atoms with Gasteiger partial charge in [0.2, 0.25) is 0 Å². The molecule has 3 N–H and O–H groups in total. The topological polar surface area (TPSA) is 118 Å². The molecule has 33 heavy (non-hydrogen) atoms. The molecule has 2 aliphatic rings. The van der Waals surface area contributed by atoms with Gasteiger partial charge in [-0.05, 0) is 49.9 Å². The highest BCUT2D eigenvalue weighted by Crippen LogP contribution is 2.34. The summed E-state index contributed by atoms with van der Waals surface area (Å²) >= 11 is 1.42. The van der Waals surface area contributed by atoms with E-state index in [1.807, 2.05) is 25.1 Å². The van der Waals surface area contributed by atoms with Gasteiger partial charge in [0, 0.05) is 36.1 Å². The molecule has 1 aromatic heterocycles. The monoisotopic (exact) mass is 474 g/mol. The summed E-state index contributed by atoms with van der Waals surface area (Å²) in [6, 6.07) is 4.96. The van der Waals surface area contributed by atoms with Crippen LogP contribution in [0.3, 0.4) is 0 Å². The Morgan fingerprint density at radius 3 is 2.94 bits per heavy atom. The van der Waals surface area contributed by atoms with E-state index in [2.05, 4.69) is 11.9 Å². The molecule has 2 saturated heterocycles. The van der Waals surface area contributed by atoms with Gasteiger partial charge in [-0.1, -0.05) is 6.92 Å². The number of likely N-dealkylation sites (tertiary alicyclic amines) is 1. The maximum Gasteiger partial charge on any atom is 0.407 e. The minimum Gasteiger partial charge on any atom is -0.493 e. The summed E-state index contributed by atoms with van der Waals surface area (Å²) in [6.07, 6.45) is 1.35. The Bertz CT molecular complexity index is 1020. The Morgan fingerprint density at radius 2 is 2.27 bits per heavy atom. The second kappa shape index (κ2) is 9.56. The summed E-state index contributed by atoms with van der Waals surface area (Å²) < 4.78 is 11.6. The Balaban J connectivity index is 1.49. The van der Waals surface area contributed by atoms with Crippen LogP contribution in [0.1, 0.15) is 31.7 Å². The third kappa shape index (κ3) is 5.22. The zero-order chi connectivity index (χ0) is 23.6. The van der Waals surface area contributed by atoms with E-state index in [1.54, 1.807) is 5.38 Å². The Hall–Kier alpha value is -2.85. The molecule has 2 aromatic rings. The van der Waals surface area contributed by atoms with E-state index in [-0.39, 0.29) is 18.0 Å². The number of anilines is 1. The van der Waals surface area contributed by atoms with Crippen molar-refractivity contribution >= 4 is 29.3 Å². The fraction of sp³-hybridized carbons (Fsp3) is 0.522. The molecule has 0 bridgehead atoms. The standard InChI is InChI=1S/C23H30N4O5S/c1-15-10-16(5-6-18(15)32-14-23(2)7-9-31-13-23)20-25-19(12-33-20)27(21(24)28)17-4-3-8-26(11-17)22(29)30/h5-6,10,12,17H,3-4,7-9,11,13-14H2,1-2H3,(H2,24,28)(H,29,30)/t17-,23?/m0/s1. The number of piperidine rings is 1. The third-order valence-electron chi connectivity index (χ3n) is 6.31. The smallest absolute Gasteiger partial charge is 0.407 e. The summed E-state index contributed by atoms with van der Waals surface area (Å²) in [4.78, 5) is 31.0. The Morgan fingerprint density at radius 1 is 1.45 bits per heavy atom. The number of ether oxygens (including phenoxy) is 2. The number of amides is 3. The summed E-state index contributed by atoms with van der Waals surface area (Å²) in [6.45, 7) is 6.96. The van der Waals surface area contributed by atoms with Crippen LogP contribution in [0.25, 0.3) is 10.6 Å². The normalized spacial score (nSPS) is 22.8. The van der Waals surface area contributed by atoms with Crippen molar-refractivity contribution < 1.29 is 24.2 Å². The number of nitrogens with zero attached hydrogens (tertiary/aromatic N) is 3. The number of carbonyl (C=O) groups excluding carboxylic acids is 1. The van der Waals surface area contributed by atoms with Gasteiger partial charge in [-0.3, -0.25) is 4.90 Å². The van der Waals surface area contributed by atoms with Crippen molar-refractivity contribution in [2.45, 2.75) is 39.2 Å². The number of primary amides is 1. The lowest BCUT2D eigenvalue weighted by atomic mass is 9.91. The first-order valence-electron chi connectivity index (χ1n) is 11.1. The molecular formula is C23H30N4O5S. The number of rotatable bonds is 6. The second-order valence-corrected chi connectivity index (χ2v) is 9.98. The molecule has 0 aliphatic carbocycles. The van der Waals surface area contributed by atoms with Gasteiger partial charge in [0.05, 0.1) is 19.3 Å². The summed E-state index contributed by atoms with van der Waals surface area (Å²) in [5.41, 5.74) is 7.64. The fourth-order valence-corrected chi connectivity index (χ4v) is 5.14. The van der Waals surface area contributed by atoms with Crippen LogP contribution < -0.4 is 15.4 Å². The van der Waals surface area contributed by atoms with Crippen LogP contribution in [0.15, 0.2) is 23.6 Å². The first-order chi connectivity index (χ1) is 15.8. The van der Waals surface area contributed by atoms with Crippen LogP contribution in [0, 0.1) is 12.3 Å². The minimum atomic E-state index is -0.990. The van der Waals surface area contributed by atoms with Crippen molar-refractivity contribution in [3.63, 3.8) is 0 Å². The van der Waals surface area contributed by atoms with E-state index < -0.39 is 12.1 Å². The quantitative estimate of drug-likeness (QED) is 0.654. The van der Waals surface area contributed by atoms with Gasteiger partial charge in [-0.25, -0.2) is 14.6 Å². The maximum absolute atomic E-state index is 12.2. The SMILES string of the molecule is Cc1cc(-c2nc(N(C(N)=O)[C@H]3CCCN(C(=O)O)C3)cs2)ccc1OCC1(C)CCOC1. The van der Waals surface area contributed by atoms with E-state index in [9.17, 15) is 14.7 Å². The fourth-order valence-electron chi connectivity index (χ4n) is 4.35. The Kier molecular flexibility index (Phi) is 6.76. The predicted molar refractivity (Wildman–Crippen MR) is 126 cm³/mol. The summed E-state index contributed by atoms with van der Waals surface area (Å²) in [5.74, 6) is 1.28. The van der Waals surface area contributed by atoms with Crippen molar-refractivity contribution in [1.29, 1.82) is 0 Å². The number of aryl methyl sites for hydroxylation is 1. The molecule has 10 heteroatoms. The van der Waals surface area contributed by atoms with Gasteiger partial charge in [0.25, 0.3) is 0 Å². The largest absolute Gasteiger partial charge is 0.493 e. The number of benzene rings is 1. The van der Waals surface area contributed by atoms with Crippen LogP contribution >= 0.6 is 11.3 Å². The molecule has 0 saturated carbocycles. The number of carboxylic acid groups (broad SMARTS) is 1. The first-order valence-corrected chi connectivity index (χ1v) is 12.0. The number of aromatic nitrogens is 1. The Labute approximate surface area is 197 Å². The zero-order valence-corrected chi connectivity index (χ0v) is 19.8. The van der Waals surface area contributed by atoms with Gasteiger partial charge in [-0.2, -0.15) is 0 Å². The highest BCUT2D eigenvalue weighted by Gasteiger charge is 2.32. The average Bonchev–Trinajstić information content (AvgIpc) is 3.43. The van der Waals surface area contributed by atoms with Crippen LogP contribution in [0.2, 0.25) is 0 Å². The van der Waals surface area contributed by atoms with Gasteiger partial charge in [-0.15, -0.1) is 11.3 Å². The van der Waals surface area contributed by atoms with Crippen molar-refractivity contribution in [3.8, 4) is 16.3 Å². The molecule has 4 rings (SSSR count). The summed E-state index contributed by atoms with van der Waals surface area (Å²) in [7, 11) is 0. The minimum absolute atomic E-state index is 0.0445. The number of thiazole rings is 1. The molecule has 9 nitrogen and oxygen atoms in total. The highest BCUT2D eigenvalue weighted by atomic mass is 32.1. The van der Waals surface area contributed by atoms with Crippen LogP contribution in [0.5, 0.6) is 5.75 Å².